The zero-order chi connectivity index (χ0) is 14.5. The van der Waals surface area contributed by atoms with Crippen LogP contribution in [0.1, 0.15) is 5.56 Å². The predicted molar refractivity (Wildman–Crippen MR) is 80.0 cm³/mol. The van der Waals surface area contributed by atoms with Crippen LogP contribution < -0.4 is 14.9 Å². The Morgan fingerprint density at radius 1 is 1.29 bits per heavy atom. The van der Waals surface area contributed by atoms with E-state index in [4.69, 9.17) is 4.74 Å². The fourth-order valence-electron chi connectivity index (χ4n) is 2.43. The highest BCUT2D eigenvalue weighted by Gasteiger charge is 2.14. The van der Waals surface area contributed by atoms with E-state index in [9.17, 15) is 5.21 Å². The molecule has 1 fully saturated rings. The number of para-hydroxylation sites is 1. The van der Waals surface area contributed by atoms with Gasteiger partial charge in [0.25, 0.3) is 0 Å². The smallest absolute Gasteiger partial charge is 0.222 e. The number of hydrogen-bond acceptors (Lipinski definition) is 5. The summed E-state index contributed by atoms with van der Waals surface area (Å²) in [5.41, 5.74) is 2.39. The molecule has 6 heteroatoms. The molecule has 2 aromatic rings. The molecule has 0 spiro atoms. The summed E-state index contributed by atoms with van der Waals surface area (Å²) < 4.78 is 6.14. The maximum atomic E-state index is 11.2. The van der Waals surface area contributed by atoms with Crippen molar-refractivity contribution in [2.24, 2.45) is 0 Å². The van der Waals surface area contributed by atoms with E-state index in [1.165, 1.54) is 29.8 Å². The molecule has 1 aliphatic rings. The van der Waals surface area contributed by atoms with Crippen molar-refractivity contribution in [3.63, 3.8) is 0 Å². The molecule has 0 amide bonds. The van der Waals surface area contributed by atoms with Crippen LogP contribution in [0.5, 0.6) is 0 Å². The lowest BCUT2D eigenvalue weighted by molar-refractivity contribution is -0.605. The monoisotopic (exact) mass is 286 g/mol. The van der Waals surface area contributed by atoms with Crippen molar-refractivity contribution < 1.29 is 9.47 Å². The lowest BCUT2D eigenvalue weighted by Crippen LogP contribution is -2.36. The van der Waals surface area contributed by atoms with Gasteiger partial charge in [-0.3, -0.25) is 0 Å². The molecular formula is C15H18N4O2. The van der Waals surface area contributed by atoms with E-state index >= 15 is 0 Å². The number of rotatable bonds is 4. The minimum Gasteiger partial charge on any atom is -0.619 e. The van der Waals surface area contributed by atoms with E-state index in [1.807, 2.05) is 12.1 Å². The van der Waals surface area contributed by atoms with E-state index in [2.05, 4.69) is 27.3 Å². The molecule has 0 unspecified atom stereocenters. The van der Waals surface area contributed by atoms with Gasteiger partial charge in [0.2, 0.25) is 6.20 Å². The molecule has 1 aliphatic heterocycles. The topological polar surface area (TPSA) is 64.3 Å². The molecule has 0 aliphatic carbocycles. The number of nitrogens with one attached hydrogen (secondary N) is 1. The van der Waals surface area contributed by atoms with Gasteiger partial charge < -0.3 is 20.2 Å². The molecule has 0 saturated carbocycles. The highest BCUT2D eigenvalue weighted by molar-refractivity contribution is 5.55. The molecule has 21 heavy (non-hydrogen) atoms. The van der Waals surface area contributed by atoms with Crippen molar-refractivity contribution in [2.75, 3.05) is 36.5 Å². The van der Waals surface area contributed by atoms with E-state index in [0.29, 0.717) is 12.4 Å². The van der Waals surface area contributed by atoms with Gasteiger partial charge in [0.15, 0.2) is 12.0 Å². The third-order valence-electron chi connectivity index (χ3n) is 3.48. The van der Waals surface area contributed by atoms with Gasteiger partial charge >= 0.3 is 0 Å². The maximum absolute atomic E-state index is 11.2. The highest BCUT2D eigenvalue weighted by atomic mass is 16.5. The molecule has 0 atom stereocenters. The van der Waals surface area contributed by atoms with Gasteiger partial charge in [-0.25, -0.2) is 4.98 Å². The fourth-order valence-corrected chi connectivity index (χ4v) is 2.43. The van der Waals surface area contributed by atoms with Crippen molar-refractivity contribution >= 4 is 11.5 Å². The standard InChI is InChI=1S/C15H18N4O2/c20-19-6-5-16-15(12-19)17-11-13-3-1-2-4-14(13)18-7-9-21-10-8-18/h1-6,12H,7-11H2,(H,16,17). The normalized spacial score (nSPS) is 15.0. The molecule has 1 aromatic carbocycles. The van der Waals surface area contributed by atoms with Crippen LogP contribution in [0, 0.1) is 5.21 Å². The minimum atomic E-state index is 0.573. The Hall–Kier alpha value is -2.34. The van der Waals surface area contributed by atoms with E-state index < -0.39 is 0 Å². The van der Waals surface area contributed by atoms with Crippen LogP contribution in [0.2, 0.25) is 0 Å². The number of benzene rings is 1. The second kappa shape index (κ2) is 6.41. The Balaban J connectivity index is 1.73. The fraction of sp³-hybridized carbons (Fsp3) is 0.333. The van der Waals surface area contributed by atoms with Crippen molar-refractivity contribution in [3.8, 4) is 0 Å². The number of morpholine rings is 1. The summed E-state index contributed by atoms with van der Waals surface area (Å²) in [5, 5.41) is 14.4. The molecule has 2 heterocycles. The van der Waals surface area contributed by atoms with E-state index in [1.54, 1.807) is 0 Å². The minimum absolute atomic E-state index is 0.573. The number of nitrogens with zero attached hydrogens (tertiary/aromatic N) is 3. The highest BCUT2D eigenvalue weighted by Crippen LogP contribution is 2.22. The van der Waals surface area contributed by atoms with Gasteiger partial charge in [-0.15, -0.1) is 0 Å². The lowest BCUT2D eigenvalue weighted by atomic mass is 10.1. The van der Waals surface area contributed by atoms with Gasteiger partial charge in [0.05, 0.1) is 19.4 Å². The van der Waals surface area contributed by atoms with Gasteiger partial charge in [-0.05, 0) is 11.6 Å². The molecule has 1 saturated heterocycles. The number of ether oxygens (including phenoxy) is 1. The van der Waals surface area contributed by atoms with Crippen LogP contribution in [-0.4, -0.2) is 31.3 Å². The zero-order valence-electron chi connectivity index (χ0n) is 11.7. The first kappa shape index (κ1) is 13.6. The third-order valence-corrected chi connectivity index (χ3v) is 3.48. The molecule has 110 valence electrons. The Bertz CT molecular complexity index is 600. The molecular weight excluding hydrogens is 268 g/mol. The first-order chi connectivity index (χ1) is 10.3. The van der Waals surface area contributed by atoms with Gasteiger partial charge in [0.1, 0.15) is 0 Å². The summed E-state index contributed by atoms with van der Waals surface area (Å²) in [4.78, 5) is 6.46. The van der Waals surface area contributed by atoms with Crippen molar-refractivity contribution in [3.05, 3.63) is 53.6 Å². The first-order valence-corrected chi connectivity index (χ1v) is 7.02. The number of aromatic nitrogens is 2. The molecule has 1 aromatic heterocycles. The maximum Gasteiger partial charge on any atom is 0.222 e. The van der Waals surface area contributed by atoms with E-state index in [-0.39, 0.29) is 0 Å². The molecule has 1 N–H and O–H groups in total. The molecule has 0 radical (unpaired) electrons. The van der Waals surface area contributed by atoms with Crippen molar-refractivity contribution in [1.29, 1.82) is 0 Å². The summed E-state index contributed by atoms with van der Waals surface area (Å²) in [7, 11) is 0. The first-order valence-electron chi connectivity index (χ1n) is 7.02. The Morgan fingerprint density at radius 3 is 2.90 bits per heavy atom. The summed E-state index contributed by atoms with van der Waals surface area (Å²) in [6.07, 6.45) is 4.29. The number of anilines is 2. The molecule has 6 nitrogen and oxygen atoms in total. The van der Waals surface area contributed by atoms with Crippen molar-refractivity contribution in [2.45, 2.75) is 6.54 Å². The van der Waals surface area contributed by atoms with Crippen LogP contribution in [0.15, 0.2) is 42.9 Å². The average Bonchev–Trinajstić information content (AvgIpc) is 2.54. The van der Waals surface area contributed by atoms with Crippen LogP contribution in [-0.2, 0) is 11.3 Å². The Kier molecular flexibility index (Phi) is 4.16. The largest absolute Gasteiger partial charge is 0.619 e. The zero-order valence-corrected chi connectivity index (χ0v) is 11.7. The summed E-state index contributed by atoms with van der Waals surface area (Å²) >= 11 is 0. The van der Waals surface area contributed by atoms with E-state index in [0.717, 1.165) is 31.0 Å². The predicted octanol–water partition coefficient (Wildman–Crippen LogP) is 1.16. The van der Waals surface area contributed by atoms with Gasteiger partial charge in [0, 0.05) is 25.3 Å². The summed E-state index contributed by atoms with van der Waals surface area (Å²) in [6, 6.07) is 8.27. The quantitative estimate of drug-likeness (QED) is 0.675. The van der Waals surface area contributed by atoms with Crippen LogP contribution in [0.3, 0.4) is 0 Å². The molecule has 3 rings (SSSR count). The van der Waals surface area contributed by atoms with Crippen LogP contribution in [0.4, 0.5) is 11.5 Å². The average molecular weight is 286 g/mol. The Labute approximate surface area is 123 Å². The third kappa shape index (κ3) is 3.41. The Morgan fingerprint density at radius 2 is 2.10 bits per heavy atom. The summed E-state index contributed by atoms with van der Waals surface area (Å²) in [5.74, 6) is 0.573. The molecule has 0 bridgehead atoms. The second-order valence-electron chi connectivity index (χ2n) is 4.88. The van der Waals surface area contributed by atoms with Gasteiger partial charge in [-0.2, -0.15) is 4.73 Å². The van der Waals surface area contributed by atoms with Crippen LogP contribution in [0.25, 0.3) is 0 Å². The van der Waals surface area contributed by atoms with Gasteiger partial charge in [-0.1, -0.05) is 18.2 Å². The lowest BCUT2D eigenvalue weighted by Gasteiger charge is -2.30. The second-order valence-corrected chi connectivity index (χ2v) is 4.88. The van der Waals surface area contributed by atoms with Crippen molar-refractivity contribution in [1.82, 2.24) is 4.98 Å². The SMILES string of the molecule is [O-][n+]1ccnc(NCc2ccccc2N2CCOCC2)c1. The van der Waals surface area contributed by atoms with Crippen LogP contribution >= 0.6 is 0 Å². The number of hydrogen-bond donors (Lipinski definition) is 1. The summed E-state index contributed by atoms with van der Waals surface area (Å²) in [6.45, 7) is 3.96.